The van der Waals surface area contributed by atoms with E-state index in [1.165, 1.54) is 6.07 Å². The molecule has 0 atom stereocenters. The molecule has 6 nitrogen and oxygen atoms in total. The van der Waals surface area contributed by atoms with Gasteiger partial charge < -0.3 is 10.6 Å². The summed E-state index contributed by atoms with van der Waals surface area (Å²) in [5.74, 6) is -1.55. The van der Waals surface area contributed by atoms with Crippen molar-refractivity contribution in [3.05, 3.63) is 107 Å². The molecule has 0 saturated carbocycles. The van der Waals surface area contributed by atoms with Crippen molar-refractivity contribution < 1.29 is 18.8 Å². The average molecular weight is 417 g/mol. The molecule has 0 aliphatic carbocycles. The monoisotopic (exact) mass is 417 g/mol. The van der Waals surface area contributed by atoms with Gasteiger partial charge in [-0.1, -0.05) is 78.9 Å². The Morgan fingerprint density at radius 3 is 2.00 bits per heavy atom. The van der Waals surface area contributed by atoms with Gasteiger partial charge in [0.1, 0.15) is 12.4 Å². The highest BCUT2D eigenvalue weighted by molar-refractivity contribution is 6.11. The van der Waals surface area contributed by atoms with E-state index in [9.17, 15) is 18.8 Å². The van der Waals surface area contributed by atoms with Gasteiger partial charge in [-0.05, 0) is 17.2 Å². The SMILES string of the molecule is O=C(CN1C(=O)NC(c2ccccc2)(c2ccccc2)C1=O)NCc1ccccc1F. The van der Waals surface area contributed by atoms with Crippen molar-refractivity contribution in [1.29, 1.82) is 0 Å². The van der Waals surface area contributed by atoms with E-state index in [-0.39, 0.29) is 6.54 Å². The van der Waals surface area contributed by atoms with Crippen LogP contribution in [0, 0.1) is 5.82 Å². The van der Waals surface area contributed by atoms with Crippen molar-refractivity contribution in [2.45, 2.75) is 12.1 Å². The summed E-state index contributed by atoms with van der Waals surface area (Å²) in [6, 6.07) is 23.2. The fourth-order valence-corrected chi connectivity index (χ4v) is 3.69. The summed E-state index contributed by atoms with van der Waals surface area (Å²) in [5.41, 5.74) is 0.0735. The molecule has 0 radical (unpaired) electrons. The molecule has 1 aliphatic heterocycles. The van der Waals surface area contributed by atoms with Gasteiger partial charge in [0, 0.05) is 12.1 Å². The number of halogens is 1. The van der Waals surface area contributed by atoms with E-state index in [1.807, 2.05) is 12.1 Å². The van der Waals surface area contributed by atoms with Crippen molar-refractivity contribution in [2.24, 2.45) is 0 Å². The van der Waals surface area contributed by atoms with Crippen molar-refractivity contribution in [3.8, 4) is 0 Å². The Balaban J connectivity index is 1.58. The number of amides is 4. The molecule has 1 saturated heterocycles. The van der Waals surface area contributed by atoms with Crippen LogP contribution in [-0.2, 0) is 21.7 Å². The number of carbonyl (C=O) groups is 3. The van der Waals surface area contributed by atoms with E-state index >= 15 is 0 Å². The Labute approximate surface area is 178 Å². The molecule has 156 valence electrons. The molecule has 1 fully saturated rings. The number of hydrogen-bond acceptors (Lipinski definition) is 3. The maximum Gasteiger partial charge on any atom is 0.326 e. The number of hydrogen-bond donors (Lipinski definition) is 2. The van der Waals surface area contributed by atoms with Crippen LogP contribution in [0.5, 0.6) is 0 Å². The van der Waals surface area contributed by atoms with Gasteiger partial charge in [-0.2, -0.15) is 0 Å². The Hall–Kier alpha value is -4.00. The molecule has 3 aromatic rings. The van der Waals surface area contributed by atoms with Gasteiger partial charge in [-0.15, -0.1) is 0 Å². The third-order valence-corrected chi connectivity index (χ3v) is 5.25. The Morgan fingerprint density at radius 2 is 1.42 bits per heavy atom. The Kier molecular flexibility index (Phi) is 5.49. The quantitative estimate of drug-likeness (QED) is 0.606. The van der Waals surface area contributed by atoms with E-state index < -0.39 is 35.7 Å². The van der Waals surface area contributed by atoms with Crippen LogP contribution in [0.3, 0.4) is 0 Å². The summed E-state index contributed by atoms with van der Waals surface area (Å²) in [7, 11) is 0. The van der Waals surface area contributed by atoms with Crippen LogP contribution in [0.1, 0.15) is 16.7 Å². The van der Waals surface area contributed by atoms with Gasteiger partial charge in [0.2, 0.25) is 5.91 Å². The lowest BCUT2D eigenvalue weighted by Crippen LogP contribution is -2.46. The van der Waals surface area contributed by atoms with Gasteiger partial charge >= 0.3 is 6.03 Å². The lowest BCUT2D eigenvalue weighted by molar-refractivity contribution is -0.134. The second-order valence-corrected chi connectivity index (χ2v) is 7.17. The summed E-state index contributed by atoms with van der Waals surface area (Å²) in [6.07, 6.45) is 0. The molecule has 1 heterocycles. The van der Waals surface area contributed by atoms with Crippen molar-refractivity contribution >= 4 is 17.8 Å². The van der Waals surface area contributed by atoms with Gasteiger partial charge in [0.15, 0.2) is 5.54 Å². The van der Waals surface area contributed by atoms with Crippen LogP contribution < -0.4 is 10.6 Å². The molecule has 1 aliphatic rings. The standard InChI is InChI=1S/C24H20FN3O3/c25-20-14-8-7-9-17(20)15-26-21(29)16-28-22(30)24(27-23(28)31,18-10-3-1-4-11-18)19-12-5-2-6-13-19/h1-14H,15-16H2,(H,26,29)(H,27,31). The van der Waals surface area contributed by atoms with Crippen LogP contribution in [-0.4, -0.2) is 29.3 Å². The van der Waals surface area contributed by atoms with E-state index in [0.29, 0.717) is 16.7 Å². The molecular weight excluding hydrogens is 397 g/mol. The molecule has 4 amide bonds. The number of benzene rings is 3. The number of rotatable bonds is 6. The minimum Gasteiger partial charge on any atom is -0.350 e. The zero-order chi connectivity index (χ0) is 21.8. The van der Waals surface area contributed by atoms with Crippen LogP contribution in [0.4, 0.5) is 9.18 Å². The maximum atomic E-state index is 13.8. The van der Waals surface area contributed by atoms with E-state index in [4.69, 9.17) is 0 Å². The predicted octanol–water partition coefficient (Wildman–Crippen LogP) is 2.94. The summed E-state index contributed by atoms with van der Waals surface area (Å²) in [6.45, 7) is -0.516. The highest BCUT2D eigenvalue weighted by Gasteiger charge is 2.53. The third-order valence-electron chi connectivity index (χ3n) is 5.25. The van der Waals surface area contributed by atoms with Crippen molar-refractivity contribution in [2.75, 3.05) is 6.54 Å². The first kappa shape index (κ1) is 20.3. The molecule has 3 aromatic carbocycles. The fourth-order valence-electron chi connectivity index (χ4n) is 3.69. The van der Waals surface area contributed by atoms with Crippen LogP contribution in [0.15, 0.2) is 84.9 Å². The molecule has 31 heavy (non-hydrogen) atoms. The third kappa shape index (κ3) is 3.77. The average Bonchev–Trinajstić information content (AvgIpc) is 3.05. The maximum absolute atomic E-state index is 13.8. The number of imide groups is 1. The molecule has 0 aromatic heterocycles. The van der Waals surface area contributed by atoms with Crippen LogP contribution in [0.2, 0.25) is 0 Å². The largest absolute Gasteiger partial charge is 0.350 e. The number of nitrogens with zero attached hydrogens (tertiary/aromatic N) is 1. The lowest BCUT2D eigenvalue weighted by Gasteiger charge is -2.28. The number of carbonyl (C=O) groups excluding carboxylic acids is 3. The first-order chi connectivity index (χ1) is 15.0. The molecule has 0 spiro atoms. The summed E-state index contributed by atoms with van der Waals surface area (Å²) >= 11 is 0. The summed E-state index contributed by atoms with van der Waals surface area (Å²) in [5, 5.41) is 5.35. The molecule has 2 N–H and O–H groups in total. The second kappa shape index (κ2) is 8.39. The van der Waals surface area contributed by atoms with Gasteiger partial charge in [0.25, 0.3) is 5.91 Å². The Morgan fingerprint density at radius 1 is 0.871 bits per heavy atom. The molecule has 4 rings (SSSR count). The van der Waals surface area contributed by atoms with E-state index in [2.05, 4.69) is 10.6 Å². The highest BCUT2D eigenvalue weighted by Crippen LogP contribution is 2.35. The van der Waals surface area contributed by atoms with Crippen LogP contribution in [0.25, 0.3) is 0 Å². The van der Waals surface area contributed by atoms with Gasteiger partial charge in [-0.3, -0.25) is 14.5 Å². The van der Waals surface area contributed by atoms with E-state index in [0.717, 1.165) is 4.90 Å². The minimum atomic E-state index is -1.43. The first-order valence-electron chi connectivity index (χ1n) is 9.77. The predicted molar refractivity (Wildman–Crippen MR) is 112 cm³/mol. The molecular formula is C24H20FN3O3. The number of urea groups is 1. The normalized spacial score (nSPS) is 14.9. The molecule has 7 heteroatoms. The zero-order valence-electron chi connectivity index (χ0n) is 16.5. The Bertz CT molecular complexity index is 1080. The van der Waals surface area contributed by atoms with Crippen LogP contribution >= 0.6 is 0 Å². The number of nitrogens with one attached hydrogen (secondary N) is 2. The molecule has 0 bridgehead atoms. The second-order valence-electron chi connectivity index (χ2n) is 7.17. The lowest BCUT2D eigenvalue weighted by atomic mass is 9.82. The summed E-state index contributed by atoms with van der Waals surface area (Å²) < 4.78 is 13.8. The highest BCUT2D eigenvalue weighted by atomic mass is 19.1. The fraction of sp³-hybridized carbons (Fsp3) is 0.125. The topological polar surface area (TPSA) is 78.5 Å². The zero-order valence-corrected chi connectivity index (χ0v) is 16.5. The van der Waals surface area contributed by atoms with Gasteiger partial charge in [0.05, 0.1) is 0 Å². The first-order valence-corrected chi connectivity index (χ1v) is 9.77. The van der Waals surface area contributed by atoms with Crippen molar-refractivity contribution in [1.82, 2.24) is 15.5 Å². The smallest absolute Gasteiger partial charge is 0.326 e. The summed E-state index contributed by atoms with van der Waals surface area (Å²) in [4.78, 5) is 39.6. The van der Waals surface area contributed by atoms with E-state index in [1.54, 1.807) is 66.7 Å². The van der Waals surface area contributed by atoms with Gasteiger partial charge in [-0.25, -0.2) is 9.18 Å². The molecule has 0 unspecified atom stereocenters. The minimum absolute atomic E-state index is 0.0440. The van der Waals surface area contributed by atoms with Crippen molar-refractivity contribution in [3.63, 3.8) is 0 Å².